The van der Waals surface area contributed by atoms with E-state index in [1.165, 1.54) is 44.2 Å². The summed E-state index contributed by atoms with van der Waals surface area (Å²) < 4.78 is 0. The molecule has 1 N–H and O–H groups in total. The molecule has 0 heterocycles. The second-order valence-corrected chi connectivity index (χ2v) is 9.59. The van der Waals surface area contributed by atoms with E-state index in [0.717, 1.165) is 16.9 Å². The van der Waals surface area contributed by atoms with E-state index in [0.29, 0.717) is 0 Å². The van der Waals surface area contributed by atoms with Gasteiger partial charge in [-0.25, -0.2) is 0 Å². The van der Waals surface area contributed by atoms with E-state index in [9.17, 15) is 0 Å². The molecular formula is C33H27N. The van der Waals surface area contributed by atoms with E-state index in [4.69, 9.17) is 0 Å². The topological polar surface area (TPSA) is 12.0 Å². The van der Waals surface area contributed by atoms with Crippen molar-refractivity contribution in [1.29, 1.82) is 0 Å². The zero-order valence-corrected chi connectivity index (χ0v) is 19.6. The van der Waals surface area contributed by atoms with Gasteiger partial charge >= 0.3 is 0 Å². The van der Waals surface area contributed by atoms with Gasteiger partial charge in [0.15, 0.2) is 0 Å². The maximum atomic E-state index is 3.96. The summed E-state index contributed by atoms with van der Waals surface area (Å²) in [5.41, 5.74) is 11.4. The van der Waals surface area contributed by atoms with Gasteiger partial charge in [-0.3, -0.25) is 0 Å². The fourth-order valence-corrected chi connectivity index (χ4v) is 5.39. The van der Waals surface area contributed by atoms with E-state index in [2.05, 4.69) is 129 Å². The van der Waals surface area contributed by atoms with Crippen LogP contribution in [0.25, 0.3) is 39.1 Å². The average Bonchev–Trinajstić information content (AvgIpc) is 3.11. The van der Waals surface area contributed by atoms with Crippen LogP contribution >= 0.6 is 0 Å². The van der Waals surface area contributed by atoms with Gasteiger partial charge in [0.2, 0.25) is 0 Å². The molecule has 34 heavy (non-hydrogen) atoms. The van der Waals surface area contributed by atoms with Gasteiger partial charge in [0.05, 0.1) is 0 Å². The highest BCUT2D eigenvalue weighted by molar-refractivity contribution is 6.00. The molecule has 0 aliphatic heterocycles. The van der Waals surface area contributed by atoms with Crippen LogP contribution in [0.1, 0.15) is 30.5 Å². The first-order chi connectivity index (χ1) is 16.6. The molecule has 0 bridgehead atoms. The van der Waals surface area contributed by atoms with E-state index in [1.54, 1.807) is 0 Å². The molecule has 0 atom stereocenters. The second kappa shape index (κ2) is 7.74. The fourth-order valence-electron chi connectivity index (χ4n) is 5.39. The third-order valence-corrected chi connectivity index (χ3v) is 7.26. The van der Waals surface area contributed by atoms with Crippen molar-refractivity contribution < 1.29 is 0 Å². The van der Waals surface area contributed by atoms with Crippen molar-refractivity contribution in [3.8, 4) is 22.3 Å². The summed E-state index contributed by atoms with van der Waals surface area (Å²) >= 11 is 0. The molecule has 1 nitrogen and oxygen atoms in total. The van der Waals surface area contributed by atoms with Crippen molar-refractivity contribution in [2.24, 2.45) is 0 Å². The minimum Gasteiger partial charge on any atom is -0.355 e. The van der Waals surface area contributed by atoms with Crippen molar-refractivity contribution in [3.63, 3.8) is 0 Å². The molecule has 0 saturated carbocycles. The van der Waals surface area contributed by atoms with Crippen LogP contribution in [0.15, 0.2) is 110 Å². The molecule has 0 unspecified atom stereocenters. The lowest BCUT2D eigenvalue weighted by Gasteiger charge is -2.22. The lowest BCUT2D eigenvalue weighted by molar-refractivity contribution is 0.660. The molecule has 1 heteroatoms. The van der Waals surface area contributed by atoms with Crippen molar-refractivity contribution in [3.05, 3.63) is 126 Å². The zero-order chi connectivity index (χ0) is 23.3. The Labute approximate surface area is 201 Å². The maximum Gasteiger partial charge on any atom is 0.0464 e. The van der Waals surface area contributed by atoms with Crippen LogP contribution in [0.2, 0.25) is 0 Å². The van der Waals surface area contributed by atoms with Crippen LogP contribution in [0, 0.1) is 0 Å². The van der Waals surface area contributed by atoms with Gasteiger partial charge in [-0.1, -0.05) is 105 Å². The Kier molecular flexibility index (Phi) is 4.67. The van der Waals surface area contributed by atoms with Crippen LogP contribution in [0.5, 0.6) is 0 Å². The lowest BCUT2D eigenvalue weighted by atomic mass is 9.81. The van der Waals surface area contributed by atoms with Crippen LogP contribution in [0.4, 0.5) is 11.4 Å². The molecule has 5 aromatic rings. The summed E-state index contributed by atoms with van der Waals surface area (Å²) in [4.78, 5) is 0. The lowest BCUT2D eigenvalue weighted by Crippen LogP contribution is -2.14. The molecule has 0 spiro atoms. The summed E-state index contributed by atoms with van der Waals surface area (Å²) in [6.07, 6.45) is 1.91. The minimum absolute atomic E-state index is 0.0160. The molecular weight excluding hydrogens is 410 g/mol. The van der Waals surface area contributed by atoms with E-state index in [1.807, 2.05) is 6.08 Å². The van der Waals surface area contributed by atoms with Crippen molar-refractivity contribution in [2.75, 3.05) is 5.32 Å². The Morgan fingerprint density at radius 3 is 2.12 bits per heavy atom. The third kappa shape index (κ3) is 3.16. The number of anilines is 2. The van der Waals surface area contributed by atoms with Gasteiger partial charge in [0.25, 0.3) is 0 Å². The number of rotatable bonds is 4. The first-order valence-electron chi connectivity index (χ1n) is 11.8. The number of benzene rings is 5. The smallest absolute Gasteiger partial charge is 0.0464 e. The quantitative estimate of drug-likeness (QED) is 0.295. The predicted molar refractivity (Wildman–Crippen MR) is 147 cm³/mol. The molecule has 0 fully saturated rings. The number of fused-ring (bicyclic) bond motifs is 4. The van der Waals surface area contributed by atoms with E-state index < -0.39 is 0 Å². The average molecular weight is 438 g/mol. The SMILES string of the molecule is C=Cc1ccc(Nc2ccc(-c3ccc4c(c3)C(C)(C)c3ccccc3-4)cc2)c2ccccc12. The summed E-state index contributed by atoms with van der Waals surface area (Å²) in [6.45, 7) is 8.61. The first-order valence-corrected chi connectivity index (χ1v) is 11.8. The summed E-state index contributed by atoms with van der Waals surface area (Å²) in [5, 5.41) is 6.02. The van der Waals surface area contributed by atoms with Crippen LogP contribution in [0.3, 0.4) is 0 Å². The molecule has 1 aliphatic carbocycles. The van der Waals surface area contributed by atoms with E-state index >= 15 is 0 Å². The number of hydrogen-bond acceptors (Lipinski definition) is 1. The van der Waals surface area contributed by atoms with Gasteiger partial charge in [0, 0.05) is 22.2 Å². The predicted octanol–water partition coefficient (Wildman–Crippen LogP) is 9.20. The molecule has 0 saturated heterocycles. The van der Waals surface area contributed by atoms with Crippen molar-refractivity contribution in [1.82, 2.24) is 0 Å². The van der Waals surface area contributed by atoms with Crippen LogP contribution in [-0.2, 0) is 5.41 Å². The first kappa shape index (κ1) is 20.5. The normalized spacial score (nSPS) is 13.4. The highest BCUT2D eigenvalue weighted by atomic mass is 14.9. The Morgan fingerprint density at radius 1 is 0.647 bits per heavy atom. The Hall–Kier alpha value is -4.10. The molecule has 0 amide bonds. The molecule has 5 aromatic carbocycles. The maximum absolute atomic E-state index is 3.96. The van der Waals surface area contributed by atoms with Gasteiger partial charge in [-0.15, -0.1) is 0 Å². The minimum atomic E-state index is 0.0160. The van der Waals surface area contributed by atoms with Gasteiger partial charge in [-0.05, 0) is 68.6 Å². The van der Waals surface area contributed by atoms with E-state index in [-0.39, 0.29) is 5.41 Å². The number of hydrogen-bond donors (Lipinski definition) is 1. The van der Waals surface area contributed by atoms with Gasteiger partial charge in [0.1, 0.15) is 0 Å². The van der Waals surface area contributed by atoms with Crippen molar-refractivity contribution in [2.45, 2.75) is 19.3 Å². The van der Waals surface area contributed by atoms with Crippen LogP contribution < -0.4 is 5.32 Å². The molecule has 164 valence electrons. The highest BCUT2D eigenvalue weighted by Crippen LogP contribution is 2.49. The van der Waals surface area contributed by atoms with Gasteiger partial charge < -0.3 is 5.32 Å². The molecule has 1 aliphatic rings. The summed E-state index contributed by atoms with van der Waals surface area (Å²) in [5.74, 6) is 0. The monoisotopic (exact) mass is 437 g/mol. The Morgan fingerprint density at radius 2 is 1.32 bits per heavy atom. The Bertz CT molecular complexity index is 1550. The number of nitrogens with one attached hydrogen (secondary N) is 1. The largest absolute Gasteiger partial charge is 0.355 e. The van der Waals surface area contributed by atoms with Crippen LogP contribution in [-0.4, -0.2) is 0 Å². The summed E-state index contributed by atoms with van der Waals surface area (Å²) in [6, 6.07) is 37.2. The Balaban J connectivity index is 1.32. The molecule has 0 aromatic heterocycles. The third-order valence-electron chi connectivity index (χ3n) is 7.26. The summed E-state index contributed by atoms with van der Waals surface area (Å²) in [7, 11) is 0. The second-order valence-electron chi connectivity index (χ2n) is 9.59. The standard InChI is InChI=1S/C33H27N/c1-4-22-16-20-32(29-11-6-5-9-26(22)29)34-25-17-13-23(14-18-25)24-15-19-28-27-10-7-8-12-30(27)33(2,3)31(28)21-24/h4-21,34H,1H2,2-3H3. The molecule has 6 rings (SSSR count). The van der Waals surface area contributed by atoms with Crippen molar-refractivity contribution >= 4 is 28.2 Å². The zero-order valence-electron chi connectivity index (χ0n) is 19.6. The molecule has 0 radical (unpaired) electrons. The fraction of sp³-hybridized carbons (Fsp3) is 0.0909. The highest BCUT2D eigenvalue weighted by Gasteiger charge is 2.35. The van der Waals surface area contributed by atoms with Gasteiger partial charge in [-0.2, -0.15) is 0 Å².